The van der Waals surface area contributed by atoms with Gasteiger partial charge in [0, 0.05) is 17.7 Å². The van der Waals surface area contributed by atoms with Gasteiger partial charge in [0.05, 0.1) is 20.3 Å². The van der Waals surface area contributed by atoms with E-state index in [9.17, 15) is 14.3 Å². The number of hydrogen-bond acceptors (Lipinski definition) is 5. The second-order valence-corrected chi connectivity index (χ2v) is 9.23. The molecule has 0 radical (unpaired) electrons. The van der Waals surface area contributed by atoms with Crippen molar-refractivity contribution in [3.8, 4) is 28.5 Å². The Morgan fingerprint density at radius 1 is 1.03 bits per heavy atom. The summed E-state index contributed by atoms with van der Waals surface area (Å²) in [4.78, 5) is 15.4. The molecule has 0 bridgehead atoms. The Kier molecular flexibility index (Phi) is 6.33. The molecule has 0 saturated heterocycles. The predicted octanol–water partition coefficient (Wildman–Crippen LogP) is 5.34. The standard InChI is InChI=1S/C29H28FN3O4/c1-16-13-17(2)28(34)21(14-16)25-24-26(32-31-25)29(35)33(27(24)19-6-8-20(30)9-7-19)12-11-18-5-10-22(36-3)23(15-18)37-4/h5-10,13-15,27,34H,11-12H2,1-4H3,(H,31,32)/t27-/m0/s1. The van der Waals surface area contributed by atoms with E-state index in [1.54, 1.807) is 31.3 Å². The fourth-order valence-electron chi connectivity index (χ4n) is 5.05. The first-order chi connectivity index (χ1) is 17.8. The fraction of sp³-hybridized carbons (Fsp3) is 0.241. The van der Waals surface area contributed by atoms with Gasteiger partial charge in [-0.1, -0.05) is 24.3 Å². The van der Waals surface area contributed by atoms with Gasteiger partial charge < -0.3 is 19.5 Å². The summed E-state index contributed by atoms with van der Waals surface area (Å²) in [6, 6.07) is 15.1. The molecule has 0 unspecified atom stereocenters. The molecular weight excluding hydrogens is 473 g/mol. The number of nitrogens with one attached hydrogen (secondary N) is 1. The van der Waals surface area contributed by atoms with E-state index in [1.807, 2.05) is 44.2 Å². The van der Waals surface area contributed by atoms with Crippen LogP contribution in [0.2, 0.25) is 0 Å². The van der Waals surface area contributed by atoms with Crippen LogP contribution in [0, 0.1) is 19.7 Å². The number of halogens is 1. The van der Waals surface area contributed by atoms with Crippen molar-refractivity contribution in [2.45, 2.75) is 26.3 Å². The second kappa shape index (κ2) is 9.61. The summed E-state index contributed by atoms with van der Waals surface area (Å²) in [6.07, 6.45) is 0.561. The van der Waals surface area contributed by atoms with E-state index in [4.69, 9.17) is 9.47 Å². The molecule has 8 heteroatoms. The number of carbonyl (C=O) groups excluding carboxylic acids is 1. The van der Waals surface area contributed by atoms with Gasteiger partial charge in [0.25, 0.3) is 5.91 Å². The number of hydrogen-bond donors (Lipinski definition) is 2. The van der Waals surface area contributed by atoms with E-state index in [1.165, 1.54) is 12.1 Å². The molecule has 1 aliphatic heterocycles. The van der Waals surface area contributed by atoms with Gasteiger partial charge in [-0.25, -0.2) is 4.39 Å². The van der Waals surface area contributed by atoms with Gasteiger partial charge in [-0.2, -0.15) is 5.10 Å². The number of benzene rings is 3. The number of ether oxygens (including phenoxy) is 2. The van der Waals surface area contributed by atoms with Crippen LogP contribution in [0.1, 0.15) is 44.3 Å². The smallest absolute Gasteiger partial charge is 0.273 e. The third kappa shape index (κ3) is 4.28. The minimum absolute atomic E-state index is 0.119. The van der Waals surface area contributed by atoms with E-state index in [0.29, 0.717) is 47.0 Å². The van der Waals surface area contributed by atoms with Crippen molar-refractivity contribution in [1.82, 2.24) is 15.1 Å². The number of rotatable bonds is 7. The normalized spacial score (nSPS) is 14.7. The third-order valence-corrected chi connectivity index (χ3v) is 6.84. The Bertz CT molecular complexity index is 1480. The van der Waals surface area contributed by atoms with E-state index in [2.05, 4.69) is 10.2 Å². The van der Waals surface area contributed by atoms with Gasteiger partial charge in [-0.15, -0.1) is 0 Å². The van der Waals surface area contributed by atoms with Crippen LogP contribution in [0.25, 0.3) is 11.3 Å². The summed E-state index contributed by atoms with van der Waals surface area (Å²) >= 11 is 0. The van der Waals surface area contributed by atoms with Crippen LogP contribution < -0.4 is 9.47 Å². The lowest BCUT2D eigenvalue weighted by molar-refractivity contribution is 0.0746. The Morgan fingerprint density at radius 3 is 2.46 bits per heavy atom. The molecular formula is C29H28FN3O4. The SMILES string of the molecule is COc1ccc(CCN2C(=O)c3[nH]nc(-c4cc(C)cc(C)c4O)c3[C@@H]2c2ccc(F)cc2)cc1OC. The summed E-state index contributed by atoms with van der Waals surface area (Å²) < 4.78 is 24.6. The van der Waals surface area contributed by atoms with Crippen molar-refractivity contribution in [3.63, 3.8) is 0 Å². The molecule has 7 nitrogen and oxygen atoms in total. The highest BCUT2D eigenvalue weighted by molar-refractivity contribution is 6.00. The monoisotopic (exact) mass is 501 g/mol. The molecule has 0 fully saturated rings. The Balaban J connectivity index is 1.57. The molecule has 2 N–H and O–H groups in total. The average Bonchev–Trinajstić information content (AvgIpc) is 3.44. The number of phenols is 1. The summed E-state index contributed by atoms with van der Waals surface area (Å²) in [5.41, 5.74) is 5.53. The highest BCUT2D eigenvalue weighted by Crippen LogP contribution is 2.45. The van der Waals surface area contributed by atoms with Crippen molar-refractivity contribution in [2.75, 3.05) is 20.8 Å². The first-order valence-corrected chi connectivity index (χ1v) is 12.0. The number of amides is 1. The van der Waals surface area contributed by atoms with Crippen LogP contribution in [0.15, 0.2) is 54.6 Å². The zero-order chi connectivity index (χ0) is 26.3. The van der Waals surface area contributed by atoms with Gasteiger partial charge in [0.2, 0.25) is 0 Å². The topological polar surface area (TPSA) is 87.7 Å². The lowest BCUT2D eigenvalue weighted by atomic mass is 9.94. The lowest BCUT2D eigenvalue weighted by Crippen LogP contribution is -2.31. The maximum absolute atomic E-state index is 13.8. The number of aromatic nitrogens is 2. The summed E-state index contributed by atoms with van der Waals surface area (Å²) in [7, 11) is 3.17. The van der Waals surface area contributed by atoms with Crippen molar-refractivity contribution in [1.29, 1.82) is 0 Å². The maximum atomic E-state index is 13.8. The third-order valence-electron chi connectivity index (χ3n) is 6.84. The quantitative estimate of drug-likeness (QED) is 0.357. The Labute approximate surface area is 214 Å². The number of nitrogens with zero attached hydrogens (tertiary/aromatic N) is 2. The van der Waals surface area contributed by atoms with E-state index < -0.39 is 6.04 Å². The number of aryl methyl sites for hydroxylation is 2. The van der Waals surface area contributed by atoms with Crippen LogP contribution >= 0.6 is 0 Å². The molecule has 190 valence electrons. The number of aromatic hydroxyl groups is 1. The molecule has 1 atom stereocenters. The molecule has 1 amide bonds. The molecule has 2 heterocycles. The molecule has 4 aromatic rings. The van der Waals surface area contributed by atoms with Crippen LogP contribution in [-0.4, -0.2) is 46.9 Å². The maximum Gasteiger partial charge on any atom is 0.273 e. The van der Waals surface area contributed by atoms with E-state index in [0.717, 1.165) is 22.3 Å². The molecule has 1 aromatic heterocycles. The number of aromatic amines is 1. The van der Waals surface area contributed by atoms with E-state index >= 15 is 0 Å². The highest BCUT2D eigenvalue weighted by atomic mass is 19.1. The molecule has 5 rings (SSSR count). The first kappa shape index (κ1) is 24.4. The van der Waals surface area contributed by atoms with Crippen LogP contribution in [0.5, 0.6) is 17.2 Å². The predicted molar refractivity (Wildman–Crippen MR) is 138 cm³/mol. The Hall–Kier alpha value is -4.33. The molecule has 0 aliphatic carbocycles. The minimum atomic E-state index is -0.503. The van der Waals surface area contributed by atoms with Gasteiger partial charge in [-0.3, -0.25) is 9.89 Å². The first-order valence-electron chi connectivity index (χ1n) is 12.0. The molecule has 0 saturated carbocycles. The Morgan fingerprint density at radius 2 is 1.76 bits per heavy atom. The van der Waals surface area contributed by atoms with Crippen molar-refractivity contribution >= 4 is 5.91 Å². The number of phenolic OH excluding ortho intramolecular Hbond substituents is 1. The van der Waals surface area contributed by atoms with Gasteiger partial charge in [0.15, 0.2) is 11.5 Å². The average molecular weight is 502 g/mol. The molecule has 1 aliphatic rings. The molecule has 0 spiro atoms. The molecule has 3 aromatic carbocycles. The van der Waals surface area contributed by atoms with Gasteiger partial charge in [-0.05, 0) is 72.9 Å². The number of H-pyrrole nitrogens is 1. The summed E-state index contributed by atoms with van der Waals surface area (Å²) in [5.74, 6) is 0.808. The van der Waals surface area contributed by atoms with Gasteiger partial charge >= 0.3 is 0 Å². The summed E-state index contributed by atoms with van der Waals surface area (Å²) in [5, 5.41) is 18.2. The number of methoxy groups -OCH3 is 2. The largest absolute Gasteiger partial charge is 0.507 e. The van der Waals surface area contributed by atoms with Crippen LogP contribution in [0.4, 0.5) is 4.39 Å². The fourth-order valence-corrected chi connectivity index (χ4v) is 5.05. The van der Waals surface area contributed by atoms with Gasteiger partial charge in [0.1, 0.15) is 23.0 Å². The number of fused-ring (bicyclic) bond motifs is 1. The van der Waals surface area contributed by atoms with E-state index in [-0.39, 0.29) is 17.5 Å². The van der Waals surface area contributed by atoms with Crippen molar-refractivity contribution < 1.29 is 23.8 Å². The van der Waals surface area contributed by atoms with Crippen molar-refractivity contribution in [2.24, 2.45) is 0 Å². The zero-order valence-corrected chi connectivity index (χ0v) is 21.1. The molecule has 37 heavy (non-hydrogen) atoms. The second-order valence-electron chi connectivity index (χ2n) is 9.23. The highest BCUT2D eigenvalue weighted by Gasteiger charge is 2.42. The minimum Gasteiger partial charge on any atom is -0.507 e. The van der Waals surface area contributed by atoms with Crippen molar-refractivity contribution in [3.05, 3.63) is 93.9 Å². The van der Waals surface area contributed by atoms with Crippen LogP contribution in [0.3, 0.4) is 0 Å². The lowest BCUT2D eigenvalue weighted by Gasteiger charge is -2.26. The number of carbonyl (C=O) groups is 1. The van der Waals surface area contributed by atoms with Crippen LogP contribution in [-0.2, 0) is 6.42 Å². The summed E-state index contributed by atoms with van der Waals surface area (Å²) in [6.45, 7) is 4.18. The zero-order valence-electron chi connectivity index (χ0n) is 21.1.